The summed E-state index contributed by atoms with van der Waals surface area (Å²) in [7, 11) is 0. The van der Waals surface area contributed by atoms with Gasteiger partial charge in [-0.1, -0.05) is 17.7 Å². The number of carbonyl (C=O) groups is 3. The van der Waals surface area contributed by atoms with Crippen molar-refractivity contribution in [3.05, 3.63) is 53.6 Å². The summed E-state index contributed by atoms with van der Waals surface area (Å²) in [6, 6.07) is 12.4. The van der Waals surface area contributed by atoms with E-state index in [1.54, 1.807) is 36.9 Å². The van der Waals surface area contributed by atoms with Gasteiger partial charge in [0.1, 0.15) is 12.3 Å². The molecule has 0 spiro atoms. The van der Waals surface area contributed by atoms with E-state index in [9.17, 15) is 14.4 Å². The molecule has 8 nitrogen and oxygen atoms in total. The zero-order valence-corrected chi connectivity index (χ0v) is 18.5. The molecule has 0 atom stereocenters. The molecule has 1 fully saturated rings. The highest BCUT2D eigenvalue weighted by atomic mass is 16.5. The zero-order valence-electron chi connectivity index (χ0n) is 18.5. The topological polar surface area (TPSA) is 88.2 Å². The lowest BCUT2D eigenvalue weighted by Crippen LogP contribution is -2.54. The van der Waals surface area contributed by atoms with Crippen molar-refractivity contribution >= 4 is 29.1 Å². The molecule has 168 valence electrons. The van der Waals surface area contributed by atoms with Gasteiger partial charge in [0.25, 0.3) is 11.8 Å². The Morgan fingerprint density at radius 2 is 1.75 bits per heavy atom. The number of hydrogen-bond donors (Lipinski definition) is 1. The minimum atomic E-state index is -1.13. The normalized spacial score (nSPS) is 17.4. The fourth-order valence-electron chi connectivity index (χ4n) is 3.79. The molecule has 3 amide bonds. The lowest BCUT2D eigenvalue weighted by atomic mass is 10.0. The van der Waals surface area contributed by atoms with Crippen LogP contribution in [0.25, 0.3) is 0 Å². The molecule has 0 bridgehead atoms. The highest BCUT2D eigenvalue weighted by Crippen LogP contribution is 2.38. The third-order valence-electron chi connectivity index (χ3n) is 5.56. The Morgan fingerprint density at radius 1 is 1.06 bits per heavy atom. The maximum Gasteiger partial charge on any atom is 0.271 e. The first-order valence-electron chi connectivity index (χ1n) is 10.6. The van der Waals surface area contributed by atoms with Gasteiger partial charge in [-0.3, -0.25) is 19.3 Å². The highest BCUT2D eigenvalue weighted by molar-refractivity contribution is 6.08. The fraction of sp³-hybridized carbons (Fsp3) is 0.375. The standard InChI is InChI=1S/C24H27N3O5/c1-16-4-7-18(8-5-16)25-21(28)15-27-19-14-17(22(29)26-10-12-31-13-11-26)6-9-20(19)32-24(2,3)23(27)30/h4-9,14H,10-13,15H2,1-3H3,(H,25,28). The predicted molar refractivity (Wildman–Crippen MR) is 120 cm³/mol. The van der Waals surface area contributed by atoms with Crippen LogP contribution >= 0.6 is 0 Å². The van der Waals surface area contributed by atoms with Crippen LogP contribution < -0.4 is 15.0 Å². The summed E-state index contributed by atoms with van der Waals surface area (Å²) in [5, 5.41) is 2.82. The van der Waals surface area contributed by atoms with Crippen molar-refractivity contribution in [1.82, 2.24) is 4.90 Å². The predicted octanol–water partition coefficient (Wildman–Crippen LogP) is 2.61. The van der Waals surface area contributed by atoms with Crippen LogP contribution in [0.4, 0.5) is 11.4 Å². The Bertz CT molecular complexity index is 1040. The molecular formula is C24H27N3O5. The summed E-state index contributed by atoms with van der Waals surface area (Å²) in [4.78, 5) is 41.9. The van der Waals surface area contributed by atoms with Gasteiger partial charge in [-0.25, -0.2) is 0 Å². The lowest BCUT2D eigenvalue weighted by molar-refractivity contribution is -0.133. The van der Waals surface area contributed by atoms with Crippen molar-refractivity contribution in [2.45, 2.75) is 26.4 Å². The molecule has 2 aliphatic rings. The van der Waals surface area contributed by atoms with E-state index in [1.807, 2.05) is 31.2 Å². The van der Waals surface area contributed by atoms with Gasteiger partial charge in [0, 0.05) is 24.3 Å². The monoisotopic (exact) mass is 437 g/mol. The number of aryl methyl sites for hydroxylation is 1. The highest BCUT2D eigenvalue weighted by Gasteiger charge is 2.42. The molecule has 1 saturated heterocycles. The Kier molecular flexibility index (Phi) is 5.88. The van der Waals surface area contributed by atoms with Crippen molar-refractivity contribution in [2.24, 2.45) is 0 Å². The molecule has 0 radical (unpaired) electrons. The SMILES string of the molecule is Cc1ccc(NC(=O)CN2C(=O)C(C)(C)Oc3ccc(C(=O)N4CCOCC4)cc32)cc1. The molecule has 2 aromatic rings. The zero-order chi connectivity index (χ0) is 22.9. The van der Waals surface area contributed by atoms with Crippen LogP contribution in [0.3, 0.4) is 0 Å². The van der Waals surface area contributed by atoms with Crippen molar-refractivity contribution in [2.75, 3.05) is 43.1 Å². The Morgan fingerprint density at radius 3 is 2.44 bits per heavy atom. The number of carbonyl (C=O) groups excluding carboxylic acids is 3. The van der Waals surface area contributed by atoms with Crippen LogP contribution in [0.15, 0.2) is 42.5 Å². The summed E-state index contributed by atoms with van der Waals surface area (Å²) in [5.41, 5.74) is 1.45. The van der Waals surface area contributed by atoms with Crippen molar-refractivity contribution in [3.8, 4) is 5.75 Å². The van der Waals surface area contributed by atoms with Crippen LogP contribution in [0.5, 0.6) is 5.75 Å². The van der Waals surface area contributed by atoms with Crippen molar-refractivity contribution in [3.63, 3.8) is 0 Å². The average molecular weight is 437 g/mol. The maximum atomic E-state index is 13.1. The van der Waals surface area contributed by atoms with E-state index in [0.29, 0.717) is 49.0 Å². The van der Waals surface area contributed by atoms with Crippen LogP contribution in [0, 0.1) is 6.92 Å². The lowest BCUT2D eigenvalue weighted by Gasteiger charge is -2.38. The van der Waals surface area contributed by atoms with Gasteiger partial charge in [0.15, 0.2) is 5.60 Å². The van der Waals surface area contributed by atoms with Gasteiger partial charge in [-0.15, -0.1) is 0 Å². The van der Waals surface area contributed by atoms with Crippen LogP contribution in [0.1, 0.15) is 29.8 Å². The smallest absolute Gasteiger partial charge is 0.271 e. The van der Waals surface area contributed by atoms with E-state index in [-0.39, 0.29) is 24.3 Å². The number of ether oxygens (including phenoxy) is 2. The number of rotatable bonds is 4. The van der Waals surface area contributed by atoms with Crippen molar-refractivity contribution < 1.29 is 23.9 Å². The van der Waals surface area contributed by atoms with Gasteiger partial charge in [0.2, 0.25) is 5.91 Å². The maximum absolute atomic E-state index is 13.1. The second-order valence-electron chi connectivity index (χ2n) is 8.50. The minimum Gasteiger partial charge on any atom is -0.476 e. The quantitative estimate of drug-likeness (QED) is 0.795. The first-order chi connectivity index (χ1) is 15.2. The molecule has 0 unspecified atom stereocenters. The first kappa shape index (κ1) is 21.8. The third-order valence-corrected chi connectivity index (χ3v) is 5.56. The third kappa shape index (κ3) is 4.45. The molecule has 0 aliphatic carbocycles. The van der Waals surface area contributed by atoms with Crippen LogP contribution in [0.2, 0.25) is 0 Å². The minimum absolute atomic E-state index is 0.141. The molecule has 4 rings (SSSR count). The van der Waals surface area contributed by atoms with E-state index < -0.39 is 5.60 Å². The number of fused-ring (bicyclic) bond motifs is 1. The number of nitrogens with zero attached hydrogens (tertiary/aromatic N) is 2. The van der Waals surface area contributed by atoms with E-state index >= 15 is 0 Å². The van der Waals surface area contributed by atoms with Gasteiger partial charge in [-0.2, -0.15) is 0 Å². The van der Waals surface area contributed by atoms with Gasteiger partial charge in [0.05, 0.1) is 18.9 Å². The number of morpholine rings is 1. The molecule has 0 aromatic heterocycles. The summed E-state index contributed by atoms with van der Waals surface area (Å²) in [6.07, 6.45) is 0. The van der Waals surface area contributed by atoms with Crippen molar-refractivity contribution in [1.29, 1.82) is 0 Å². The Balaban J connectivity index is 1.60. The van der Waals surface area contributed by atoms with E-state index in [0.717, 1.165) is 5.56 Å². The largest absolute Gasteiger partial charge is 0.476 e. The number of hydrogen-bond acceptors (Lipinski definition) is 5. The van der Waals surface area contributed by atoms with E-state index in [1.165, 1.54) is 4.90 Å². The summed E-state index contributed by atoms with van der Waals surface area (Å²) >= 11 is 0. The fourth-order valence-corrected chi connectivity index (χ4v) is 3.79. The van der Waals surface area contributed by atoms with Gasteiger partial charge in [-0.05, 0) is 51.1 Å². The molecule has 32 heavy (non-hydrogen) atoms. The molecule has 2 aromatic carbocycles. The van der Waals surface area contributed by atoms with Crippen LogP contribution in [-0.2, 0) is 14.3 Å². The second kappa shape index (κ2) is 8.63. The molecule has 2 aliphatic heterocycles. The number of benzene rings is 2. The second-order valence-corrected chi connectivity index (χ2v) is 8.50. The summed E-state index contributed by atoms with van der Waals surface area (Å²) in [5.74, 6) is -0.371. The number of amides is 3. The van der Waals surface area contributed by atoms with Gasteiger partial charge >= 0.3 is 0 Å². The average Bonchev–Trinajstić information content (AvgIpc) is 2.78. The number of nitrogens with one attached hydrogen (secondary N) is 1. The van der Waals surface area contributed by atoms with E-state index in [4.69, 9.17) is 9.47 Å². The van der Waals surface area contributed by atoms with E-state index in [2.05, 4.69) is 5.32 Å². The van der Waals surface area contributed by atoms with Crippen LogP contribution in [-0.4, -0.2) is 61.1 Å². The molecule has 8 heteroatoms. The molecule has 0 saturated carbocycles. The number of anilines is 2. The molecule has 2 heterocycles. The Labute approximate surface area is 187 Å². The van der Waals surface area contributed by atoms with Gasteiger partial charge < -0.3 is 19.7 Å². The summed E-state index contributed by atoms with van der Waals surface area (Å²) in [6.45, 7) is 7.12. The summed E-state index contributed by atoms with van der Waals surface area (Å²) < 4.78 is 11.2. The molecule has 1 N–H and O–H groups in total. The molecular weight excluding hydrogens is 410 g/mol. The first-order valence-corrected chi connectivity index (χ1v) is 10.6. The Hall–Kier alpha value is -3.39.